The highest BCUT2D eigenvalue weighted by Gasteiger charge is 2.37. The lowest BCUT2D eigenvalue weighted by atomic mass is 10.1. The quantitative estimate of drug-likeness (QED) is 0.746. The van der Waals surface area contributed by atoms with E-state index < -0.39 is 0 Å². The van der Waals surface area contributed by atoms with Crippen LogP contribution in [0.2, 0.25) is 0 Å². The first-order valence-electron chi connectivity index (χ1n) is 10.1. The van der Waals surface area contributed by atoms with Crippen LogP contribution in [-0.2, 0) is 20.6 Å². The zero-order chi connectivity index (χ0) is 19.6. The zero-order valence-corrected chi connectivity index (χ0v) is 16.6. The number of ether oxygens (including phenoxy) is 3. The number of hydrogen-bond acceptors (Lipinski definition) is 9. The average Bonchev–Trinajstić information content (AvgIpc) is 3.17. The highest BCUT2D eigenvalue weighted by Crippen LogP contribution is 2.39. The Morgan fingerprint density at radius 3 is 2.72 bits per heavy atom. The van der Waals surface area contributed by atoms with E-state index in [1.165, 1.54) is 5.56 Å². The number of rotatable bonds is 5. The Kier molecular flexibility index (Phi) is 5.17. The second kappa shape index (κ2) is 8.10. The first-order chi connectivity index (χ1) is 14.3. The first-order valence-corrected chi connectivity index (χ1v) is 10.1. The van der Waals surface area contributed by atoms with Crippen LogP contribution >= 0.6 is 0 Å². The van der Waals surface area contributed by atoms with Gasteiger partial charge in [-0.1, -0.05) is 0 Å². The van der Waals surface area contributed by atoms with E-state index in [1.54, 1.807) is 7.11 Å². The summed E-state index contributed by atoms with van der Waals surface area (Å²) in [5.74, 6) is 3.55. The van der Waals surface area contributed by atoms with Gasteiger partial charge in [0, 0.05) is 50.5 Å². The van der Waals surface area contributed by atoms with Crippen molar-refractivity contribution >= 4 is 17.5 Å². The molecule has 0 aliphatic carbocycles. The minimum absolute atomic E-state index is 0.349. The lowest BCUT2D eigenvalue weighted by molar-refractivity contribution is 0.0973. The minimum Gasteiger partial charge on any atom is -0.378 e. The number of methoxy groups -OCH3 is 1. The van der Waals surface area contributed by atoms with Gasteiger partial charge in [0.1, 0.15) is 24.2 Å². The molecule has 2 aromatic heterocycles. The van der Waals surface area contributed by atoms with Gasteiger partial charge in [-0.2, -0.15) is 0 Å². The summed E-state index contributed by atoms with van der Waals surface area (Å²) in [5.41, 5.74) is 2.14. The Balaban J connectivity index is 1.52. The number of nitrogens with zero attached hydrogens (tertiary/aromatic N) is 5. The molecule has 1 atom stereocenters. The summed E-state index contributed by atoms with van der Waals surface area (Å²) in [4.78, 5) is 19.2. The molecule has 0 amide bonds. The van der Waals surface area contributed by atoms with Crippen LogP contribution in [0.3, 0.4) is 0 Å². The van der Waals surface area contributed by atoms with E-state index in [-0.39, 0.29) is 0 Å². The number of fused-ring (bicyclic) bond motifs is 3. The fourth-order valence-corrected chi connectivity index (χ4v) is 4.16. The van der Waals surface area contributed by atoms with Crippen molar-refractivity contribution in [3.8, 4) is 11.4 Å². The molecule has 0 spiro atoms. The van der Waals surface area contributed by atoms with E-state index in [9.17, 15) is 0 Å². The number of anilines is 3. The van der Waals surface area contributed by atoms with Crippen molar-refractivity contribution < 1.29 is 14.2 Å². The maximum Gasteiger partial charge on any atom is 0.165 e. The highest BCUT2D eigenvalue weighted by molar-refractivity contribution is 5.70. The molecule has 0 saturated carbocycles. The first kappa shape index (κ1) is 18.5. The number of hydrogen-bond donors (Lipinski definition) is 1. The normalized spacial score (nSPS) is 21.1. The molecule has 1 N–H and O–H groups in total. The molecule has 0 radical (unpaired) electrons. The van der Waals surface area contributed by atoms with Gasteiger partial charge in [0.2, 0.25) is 0 Å². The molecule has 2 fully saturated rings. The largest absolute Gasteiger partial charge is 0.378 e. The molecule has 2 aromatic rings. The van der Waals surface area contributed by atoms with Gasteiger partial charge in [-0.15, -0.1) is 0 Å². The number of aromatic nitrogens is 3. The van der Waals surface area contributed by atoms with Gasteiger partial charge in [0.15, 0.2) is 5.82 Å². The van der Waals surface area contributed by atoms with Crippen molar-refractivity contribution in [2.75, 3.05) is 75.0 Å². The molecule has 5 rings (SSSR count). The van der Waals surface area contributed by atoms with E-state index in [0.29, 0.717) is 18.6 Å². The van der Waals surface area contributed by atoms with Gasteiger partial charge < -0.3 is 29.3 Å². The van der Waals surface area contributed by atoms with Gasteiger partial charge in [-0.05, 0) is 12.1 Å². The molecule has 1 unspecified atom stereocenters. The van der Waals surface area contributed by atoms with Crippen LogP contribution < -0.4 is 15.1 Å². The summed E-state index contributed by atoms with van der Waals surface area (Å²) in [6.07, 6.45) is 2.75. The standard InChI is InChI=1S/C20H26N6O3/c1-27-13-22-17-3-2-14(11-21-17)18-23-19(25-4-7-28-8-5-25)16-10-15-12-29-9-6-26(15)20(16)24-18/h2-3,11,15H,4-10,12-13H2,1H3,(H,21,22). The van der Waals surface area contributed by atoms with Crippen LogP contribution in [0, 0.1) is 0 Å². The third-order valence-corrected chi connectivity index (χ3v) is 5.63. The molecule has 154 valence electrons. The zero-order valence-electron chi connectivity index (χ0n) is 16.6. The second-order valence-electron chi connectivity index (χ2n) is 7.44. The third kappa shape index (κ3) is 3.61. The fourth-order valence-electron chi connectivity index (χ4n) is 4.16. The van der Waals surface area contributed by atoms with Gasteiger partial charge >= 0.3 is 0 Å². The Morgan fingerprint density at radius 2 is 1.93 bits per heavy atom. The maximum atomic E-state index is 5.71. The minimum atomic E-state index is 0.349. The monoisotopic (exact) mass is 398 g/mol. The van der Waals surface area contributed by atoms with E-state index in [2.05, 4.69) is 20.1 Å². The van der Waals surface area contributed by atoms with Gasteiger partial charge in [-0.3, -0.25) is 0 Å². The van der Waals surface area contributed by atoms with E-state index >= 15 is 0 Å². The summed E-state index contributed by atoms with van der Waals surface area (Å²) in [7, 11) is 1.64. The van der Waals surface area contributed by atoms with E-state index in [4.69, 9.17) is 24.2 Å². The van der Waals surface area contributed by atoms with Crippen molar-refractivity contribution in [1.29, 1.82) is 0 Å². The van der Waals surface area contributed by atoms with Crippen molar-refractivity contribution in [2.45, 2.75) is 12.5 Å². The molecule has 9 heteroatoms. The number of nitrogens with one attached hydrogen (secondary N) is 1. The third-order valence-electron chi connectivity index (χ3n) is 5.63. The van der Waals surface area contributed by atoms with Gasteiger partial charge in [-0.25, -0.2) is 15.0 Å². The van der Waals surface area contributed by atoms with Crippen LogP contribution in [0.5, 0.6) is 0 Å². The predicted octanol–water partition coefficient (Wildman–Crippen LogP) is 1.15. The molecule has 9 nitrogen and oxygen atoms in total. The smallest absolute Gasteiger partial charge is 0.165 e. The molecule has 3 aliphatic rings. The Labute approximate surface area is 170 Å². The molecule has 2 saturated heterocycles. The van der Waals surface area contributed by atoms with Crippen molar-refractivity contribution in [1.82, 2.24) is 15.0 Å². The maximum absolute atomic E-state index is 5.71. The SMILES string of the molecule is COCNc1ccc(-c2nc(N3CCOCC3)c3c(n2)N2CCOCC2C3)cn1. The Morgan fingerprint density at radius 1 is 1.10 bits per heavy atom. The number of pyridine rings is 1. The Hall–Kier alpha value is -2.49. The predicted molar refractivity (Wildman–Crippen MR) is 109 cm³/mol. The van der Waals surface area contributed by atoms with Crippen molar-refractivity contribution in [3.05, 3.63) is 23.9 Å². The van der Waals surface area contributed by atoms with Crippen LogP contribution in [0.4, 0.5) is 17.5 Å². The summed E-state index contributed by atoms with van der Waals surface area (Å²) >= 11 is 0. The molecule has 5 heterocycles. The van der Waals surface area contributed by atoms with Gasteiger partial charge in [0.05, 0.1) is 32.5 Å². The van der Waals surface area contributed by atoms with Crippen molar-refractivity contribution in [3.63, 3.8) is 0 Å². The van der Waals surface area contributed by atoms with E-state index in [0.717, 1.165) is 75.5 Å². The summed E-state index contributed by atoms with van der Waals surface area (Å²) in [6.45, 7) is 5.93. The van der Waals surface area contributed by atoms with Crippen LogP contribution in [0.15, 0.2) is 18.3 Å². The molecular weight excluding hydrogens is 372 g/mol. The van der Waals surface area contributed by atoms with Gasteiger partial charge in [0.25, 0.3) is 0 Å². The molecule has 0 bridgehead atoms. The average molecular weight is 398 g/mol. The van der Waals surface area contributed by atoms with Crippen LogP contribution in [0.25, 0.3) is 11.4 Å². The lowest BCUT2D eigenvalue weighted by Crippen LogP contribution is -2.43. The van der Waals surface area contributed by atoms with E-state index in [1.807, 2.05) is 18.3 Å². The molecular formula is C20H26N6O3. The summed E-state index contributed by atoms with van der Waals surface area (Å²) in [5, 5.41) is 3.10. The number of morpholine rings is 2. The topological polar surface area (TPSA) is 84.9 Å². The van der Waals surface area contributed by atoms with Crippen LogP contribution in [0.1, 0.15) is 5.56 Å². The molecule has 29 heavy (non-hydrogen) atoms. The van der Waals surface area contributed by atoms with Crippen LogP contribution in [-0.4, -0.2) is 80.9 Å². The Bertz CT molecular complexity index is 856. The lowest BCUT2D eigenvalue weighted by Gasteiger charge is -2.31. The van der Waals surface area contributed by atoms with Crippen molar-refractivity contribution in [2.24, 2.45) is 0 Å². The molecule has 0 aromatic carbocycles. The second-order valence-corrected chi connectivity index (χ2v) is 7.44. The summed E-state index contributed by atoms with van der Waals surface area (Å²) < 4.78 is 16.3. The molecule has 3 aliphatic heterocycles. The highest BCUT2D eigenvalue weighted by atomic mass is 16.5. The summed E-state index contributed by atoms with van der Waals surface area (Å²) in [6, 6.07) is 4.28. The fraction of sp³-hybridized carbons (Fsp3) is 0.550.